The fraction of sp³-hybridized carbons (Fsp3) is 0.235. The van der Waals surface area contributed by atoms with Gasteiger partial charge in [-0.1, -0.05) is 12.1 Å². The summed E-state index contributed by atoms with van der Waals surface area (Å²) < 4.78 is 5.40. The van der Waals surface area contributed by atoms with E-state index in [9.17, 15) is 9.90 Å². The first-order valence-electron chi connectivity index (χ1n) is 7.14. The Kier molecular flexibility index (Phi) is 3.96. The number of likely N-dealkylation sites (tertiary alicyclic amines) is 1. The molecule has 23 heavy (non-hydrogen) atoms. The standard InChI is InChI=1S/C17H15N3O3/c18-8-13-3-1-5-15(7-13)23-10-16(21)20-11-17(22,12-20)14-4-2-6-19-9-14/h1-7,9,22H,10-12H2. The third kappa shape index (κ3) is 3.15. The number of ether oxygens (including phenoxy) is 1. The SMILES string of the molecule is N#Cc1cccc(OCC(=O)N2CC(O)(c3cccnc3)C2)c1. The van der Waals surface area contributed by atoms with Crippen molar-refractivity contribution in [2.24, 2.45) is 0 Å². The summed E-state index contributed by atoms with van der Waals surface area (Å²) in [6.07, 6.45) is 3.24. The van der Waals surface area contributed by atoms with E-state index in [0.29, 0.717) is 16.9 Å². The van der Waals surface area contributed by atoms with Gasteiger partial charge in [0.05, 0.1) is 24.7 Å². The number of hydrogen-bond donors (Lipinski definition) is 1. The highest BCUT2D eigenvalue weighted by Gasteiger charge is 2.45. The van der Waals surface area contributed by atoms with Gasteiger partial charge in [-0.3, -0.25) is 9.78 Å². The van der Waals surface area contributed by atoms with E-state index in [1.165, 1.54) is 4.90 Å². The monoisotopic (exact) mass is 309 g/mol. The minimum absolute atomic E-state index is 0.127. The Balaban J connectivity index is 1.54. The molecule has 2 heterocycles. The van der Waals surface area contributed by atoms with Crippen molar-refractivity contribution >= 4 is 5.91 Å². The number of β-amino-alcohol motifs (C(OH)–C–C–N with tert-alkyl or cyclic N) is 1. The number of carbonyl (C=O) groups excluding carboxylic acids is 1. The summed E-state index contributed by atoms with van der Waals surface area (Å²) in [5.41, 5.74) is 0.140. The number of aromatic nitrogens is 1. The highest BCUT2D eigenvalue weighted by atomic mass is 16.5. The van der Waals surface area contributed by atoms with E-state index >= 15 is 0 Å². The Bertz CT molecular complexity index is 749. The van der Waals surface area contributed by atoms with E-state index in [1.807, 2.05) is 6.07 Å². The predicted molar refractivity (Wildman–Crippen MR) is 81.4 cm³/mol. The fourth-order valence-corrected chi connectivity index (χ4v) is 2.47. The van der Waals surface area contributed by atoms with Crippen LogP contribution >= 0.6 is 0 Å². The highest BCUT2D eigenvalue weighted by molar-refractivity contribution is 5.79. The average Bonchev–Trinajstić information content (AvgIpc) is 2.58. The van der Waals surface area contributed by atoms with E-state index in [2.05, 4.69) is 4.98 Å². The van der Waals surface area contributed by atoms with Crippen molar-refractivity contribution < 1.29 is 14.6 Å². The maximum atomic E-state index is 12.1. The van der Waals surface area contributed by atoms with Crippen LogP contribution in [-0.4, -0.2) is 40.6 Å². The van der Waals surface area contributed by atoms with Gasteiger partial charge in [-0.25, -0.2) is 0 Å². The third-order valence-corrected chi connectivity index (χ3v) is 3.78. The number of amides is 1. The Morgan fingerprint density at radius 2 is 2.22 bits per heavy atom. The summed E-state index contributed by atoms with van der Waals surface area (Å²) >= 11 is 0. The predicted octanol–water partition coefficient (Wildman–Crippen LogP) is 1.06. The number of rotatable bonds is 4. The van der Waals surface area contributed by atoms with Crippen molar-refractivity contribution in [3.8, 4) is 11.8 Å². The Labute approximate surface area is 133 Å². The van der Waals surface area contributed by atoms with Gasteiger partial charge in [-0.05, 0) is 24.3 Å². The maximum Gasteiger partial charge on any atom is 0.260 e. The lowest BCUT2D eigenvalue weighted by Crippen LogP contribution is -2.62. The summed E-state index contributed by atoms with van der Waals surface area (Å²) in [6.45, 7) is 0.316. The van der Waals surface area contributed by atoms with Crippen molar-refractivity contribution in [2.75, 3.05) is 19.7 Å². The molecule has 1 aliphatic heterocycles. The molecule has 1 fully saturated rings. The molecule has 116 valence electrons. The van der Waals surface area contributed by atoms with Crippen LogP contribution in [0.15, 0.2) is 48.8 Å². The first-order chi connectivity index (χ1) is 11.1. The number of carbonyl (C=O) groups is 1. The Hall–Kier alpha value is -2.91. The zero-order valence-electron chi connectivity index (χ0n) is 12.3. The van der Waals surface area contributed by atoms with Gasteiger partial charge in [0.25, 0.3) is 5.91 Å². The summed E-state index contributed by atoms with van der Waals surface area (Å²) in [6, 6.07) is 12.2. The molecule has 6 heteroatoms. The highest BCUT2D eigenvalue weighted by Crippen LogP contribution is 2.31. The second kappa shape index (κ2) is 6.07. The molecule has 1 amide bonds. The van der Waals surface area contributed by atoms with Crippen LogP contribution < -0.4 is 4.74 Å². The summed E-state index contributed by atoms with van der Waals surface area (Å²) in [7, 11) is 0. The van der Waals surface area contributed by atoms with Crippen LogP contribution in [0.25, 0.3) is 0 Å². The molecule has 3 rings (SSSR count). The molecule has 0 unspecified atom stereocenters. The lowest BCUT2D eigenvalue weighted by molar-refractivity contribution is -0.159. The van der Waals surface area contributed by atoms with Gasteiger partial charge in [0.15, 0.2) is 6.61 Å². The quantitative estimate of drug-likeness (QED) is 0.912. The number of aliphatic hydroxyl groups is 1. The molecule has 0 spiro atoms. The van der Waals surface area contributed by atoms with Gasteiger partial charge in [0.2, 0.25) is 0 Å². The van der Waals surface area contributed by atoms with E-state index in [-0.39, 0.29) is 25.6 Å². The second-order valence-corrected chi connectivity index (χ2v) is 5.45. The van der Waals surface area contributed by atoms with E-state index in [1.54, 1.807) is 48.8 Å². The third-order valence-electron chi connectivity index (χ3n) is 3.78. The second-order valence-electron chi connectivity index (χ2n) is 5.45. The molecular formula is C17H15N3O3. The molecule has 1 aromatic heterocycles. The summed E-state index contributed by atoms with van der Waals surface area (Å²) in [5.74, 6) is 0.265. The summed E-state index contributed by atoms with van der Waals surface area (Å²) in [5, 5.41) is 19.3. The topological polar surface area (TPSA) is 86.5 Å². The van der Waals surface area contributed by atoms with Gasteiger partial charge < -0.3 is 14.7 Å². The molecule has 1 saturated heterocycles. The normalized spacial score (nSPS) is 15.4. The van der Waals surface area contributed by atoms with E-state index in [4.69, 9.17) is 10.00 Å². The maximum absolute atomic E-state index is 12.1. The Morgan fingerprint density at radius 1 is 1.39 bits per heavy atom. The van der Waals surface area contributed by atoms with Crippen LogP contribution in [0.1, 0.15) is 11.1 Å². The van der Waals surface area contributed by atoms with E-state index in [0.717, 1.165) is 0 Å². The van der Waals surface area contributed by atoms with Crippen LogP contribution in [0.2, 0.25) is 0 Å². The van der Waals surface area contributed by atoms with Crippen molar-refractivity contribution in [2.45, 2.75) is 5.60 Å². The van der Waals surface area contributed by atoms with Crippen molar-refractivity contribution in [3.05, 3.63) is 59.9 Å². The molecule has 2 aromatic rings. The van der Waals surface area contributed by atoms with Gasteiger partial charge in [0, 0.05) is 18.0 Å². The van der Waals surface area contributed by atoms with Crippen molar-refractivity contribution in [1.82, 2.24) is 9.88 Å². The number of pyridine rings is 1. The van der Waals surface area contributed by atoms with Crippen molar-refractivity contribution in [3.63, 3.8) is 0 Å². The van der Waals surface area contributed by atoms with Crippen LogP contribution in [0.4, 0.5) is 0 Å². The Morgan fingerprint density at radius 3 is 2.91 bits per heavy atom. The smallest absolute Gasteiger partial charge is 0.260 e. The van der Waals surface area contributed by atoms with Gasteiger partial charge in [-0.2, -0.15) is 5.26 Å². The minimum Gasteiger partial charge on any atom is -0.484 e. The summed E-state index contributed by atoms with van der Waals surface area (Å²) in [4.78, 5) is 17.6. The van der Waals surface area contributed by atoms with Gasteiger partial charge in [0.1, 0.15) is 11.4 Å². The molecule has 0 bridgehead atoms. The molecule has 6 nitrogen and oxygen atoms in total. The number of nitriles is 1. The molecule has 0 radical (unpaired) electrons. The van der Waals surface area contributed by atoms with Crippen LogP contribution in [0, 0.1) is 11.3 Å². The zero-order chi connectivity index (χ0) is 16.3. The number of nitrogens with zero attached hydrogens (tertiary/aromatic N) is 3. The molecule has 1 aromatic carbocycles. The molecule has 0 saturated carbocycles. The minimum atomic E-state index is -1.04. The molecule has 1 N–H and O–H groups in total. The molecule has 0 atom stereocenters. The molecular weight excluding hydrogens is 294 g/mol. The van der Waals surface area contributed by atoms with Crippen LogP contribution in [-0.2, 0) is 10.4 Å². The average molecular weight is 309 g/mol. The van der Waals surface area contributed by atoms with Gasteiger partial charge >= 0.3 is 0 Å². The van der Waals surface area contributed by atoms with E-state index < -0.39 is 5.60 Å². The lowest BCUT2D eigenvalue weighted by Gasteiger charge is -2.46. The zero-order valence-corrected chi connectivity index (χ0v) is 12.3. The molecule has 1 aliphatic rings. The van der Waals surface area contributed by atoms with Crippen LogP contribution in [0.3, 0.4) is 0 Å². The first kappa shape index (κ1) is 15.0. The molecule has 0 aliphatic carbocycles. The van der Waals surface area contributed by atoms with Crippen molar-refractivity contribution in [1.29, 1.82) is 5.26 Å². The lowest BCUT2D eigenvalue weighted by atomic mass is 9.87. The fourth-order valence-electron chi connectivity index (χ4n) is 2.47. The number of benzene rings is 1. The number of hydrogen-bond acceptors (Lipinski definition) is 5. The van der Waals surface area contributed by atoms with Gasteiger partial charge in [-0.15, -0.1) is 0 Å². The largest absolute Gasteiger partial charge is 0.484 e. The first-order valence-corrected chi connectivity index (χ1v) is 7.14. The van der Waals surface area contributed by atoms with Crippen LogP contribution in [0.5, 0.6) is 5.75 Å².